The molecule has 22 heavy (non-hydrogen) atoms. The zero-order chi connectivity index (χ0) is 16.5. The monoisotopic (exact) mass is 325 g/mol. The summed E-state index contributed by atoms with van der Waals surface area (Å²) in [5, 5.41) is -0.189. The number of imide groups is 1. The van der Waals surface area contributed by atoms with Crippen LogP contribution in [-0.4, -0.2) is 40.5 Å². The number of likely N-dealkylation sites (tertiary alicyclic amines) is 1. The van der Waals surface area contributed by atoms with E-state index in [1.165, 1.54) is 16.7 Å². The third-order valence-corrected chi connectivity index (χ3v) is 5.82. The van der Waals surface area contributed by atoms with E-state index in [-0.39, 0.29) is 28.4 Å². The molecule has 1 saturated carbocycles. The van der Waals surface area contributed by atoms with Crippen molar-refractivity contribution in [3.8, 4) is 0 Å². The molecule has 1 aliphatic carbocycles. The summed E-state index contributed by atoms with van der Waals surface area (Å²) in [4.78, 5) is 37.9. The summed E-state index contributed by atoms with van der Waals surface area (Å²) in [6, 6.07) is 0. The molecule has 1 unspecified atom stereocenters. The molecule has 0 N–H and O–H groups in total. The average Bonchev–Trinajstić information content (AvgIpc) is 2.74. The van der Waals surface area contributed by atoms with Crippen LogP contribution in [0, 0.1) is 17.3 Å². The quantitative estimate of drug-likeness (QED) is 0.746. The number of hydrogen-bond donors (Lipinski definition) is 0. The van der Waals surface area contributed by atoms with E-state index >= 15 is 0 Å². The normalized spacial score (nSPS) is 30.0. The second-order valence-corrected chi connectivity index (χ2v) is 8.64. The summed E-state index contributed by atoms with van der Waals surface area (Å²) < 4.78 is 0. The molecule has 0 aromatic rings. The Hall–Kier alpha value is -0.840. The van der Waals surface area contributed by atoms with Crippen LogP contribution in [0.15, 0.2) is 0 Å². The first-order valence-electron chi connectivity index (χ1n) is 8.15. The highest BCUT2D eigenvalue weighted by Crippen LogP contribution is 2.35. The first kappa shape index (κ1) is 17.5. The van der Waals surface area contributed by atoms with E-state index in [4.69, 9.17) is 0 Å². The Morgan fingerprint density at radius 2 is 1.77 bits per heavy atom. The highest BCUT2D eigenvalue weighted by atomic mass is 32.2. The summed E-state index contributed by atoms with van der Waals surface area (Å²) in [5.74, 6) is 0.807. The topological polar surface area (TPSA) is 54.5 Å². The van der Waals surface area contributed by atoms with Crippen molar-refractivity contribution in [3.63, 3.8) is 0 Å². The fraction of sp³-hybridized carbons (Fsp3) is 0.824. The van der Waals surface area contributed by atoms with Crippen molar-refractivity contribution < 1.29 is 14.4 Å². The average molecular weight is 325 g/mol. The summed E-state index contributed by atoms with van der Waals surface area (Å²) >= 11 is 1.46. The van der Waals surface area contributed by atoms with E-state index in [1.807, 2.05) is 27.0 Å². The minimum Gasteiger partial charge on any atom is -0.299 e. The van der Waals surface area contributed by atoms with Crippen LogP contribution < -0.4 is 0 Å². The van der Waals surface area contributed by atoms with Crippen molar-refractivity contribution in [2.45, 2.75) is 58.1 Å². The maximum atomic E-state index is 12.3. The van der Waals surface area contributed by atoms with Gasteiger partial charge in [0.2, 0.25) is 11.8 Å². The molecule has 0 spiro atoms. The third-order valence-electron chi connectivity index (χ3n) is 4.88. The van der Waals surface area contributed by atoms with Crippen LogP contribution in [-0.2, 0) is 14.4 Å². The number of Topliss-reactive ketones (excluding diaryl/α,β-unsaturated/α-hetero) is 1. The Labute approximate surface area is 137 Å². The molecule has 1 atom stereocenters. The summed E-state index contributed by atoms with van der Waals surface area (Å²) in [7, 11) is 0. The molecular weight excluding hydrogens is 298 g/mol. The van der Waals surface area contributed by atoms with Gasteiger partial charge >= 0.3 is 0 Å². The number of thioether (sulfide) groups is 1. The van der Waals surface area contributed by atoms with E-state index in [1.54, 1.807) is 0 Å². The molecule has 4 nitrogen and oxygen atoms in total. The highest BCUT2D eigenvalue weighted by Gasteiger charge is 2.40. The van der Waals surface area contributed by atoms with E-state index in [2.05, 4.69) is 0 Å². The minimum absolute atomic E-state index is 0.0228. The maximum absolute atomic E-state index is 12.3. The molecule has 0 radical (unpaired) electrons. The molecule has 2 rings (SSSR count). The van der Waals surface area contributed by atoms with Crippen LogP contribution in [0.3, 0.4) is 0 Å². The van der Waals surface area contributed by atoms with Gasteiger partial charge in [0.15, 0.2) is 0 Å². The number of hydrogen-bond acceptors (Lipinski definition) is 4. The lowest BCUT2D eigenvalue weighted by Gasteiger charge is -2.32. The lowest BCUT2D eigenvalue weighted by atomic mass is 9.73. The third kappa shape index (κ3) is 3.73. The SMILES string of the molecule is CSC1CC(=O)N(CC2CCC(C(=O)C(C)(C)C)CC2)C1=O. The largest absolute Gasteiger partial charge is 0.299 e. The van der Waals surface area contributed by atoms with Gasteiger partial charge in [0.05, 0.1) is 5.25 Å². The van der Waals surface area contributed by atoms with Crippen LogP contribution in [0.25, 0.3) is 0 Å². The number of rotatable bonds is 4. The van der Waals surface area contributed by atoms with Gasteiger partial charge < -0.3 is 0 Å². The van der Waals surface area contributed by atoms with Crippen molar-refractivity contribution in [1.29, 1.82) is 0 Å². The lowest BCUT2D eigenvalue weighted by Crippen LogP contribution is -2.38. The zero-order valence-corrected chi connectivity index (χ0v) is 14.9. The molecule has 1 aliphatic heterocycles. The first-order valence-corrected chi connectivity index (χ1v) is 9.44. The maximum Gasteiger partial charge on any atom is 0.242 e. The fourth-order valence-corrected chi connectivity index (χ4v) is 4.14. The number of ketones is 1. The minimum atomic E-state index is -0.274. The number of carbonyl (C=O) groups excluding carboxylic acids is 3. The Morgan fingerprint density at radius 1 is 1.18 bits per heavy atom. The fourth-order valence-electron chi connectivity index (χ4n) is 3.51. The standard InChI is InChI=1S/C17H27NO3S/c1-17(2,3)15(20)12-7-5-11(6-8-12)10-18-14(19)9-13(22-4)16(18)21/h11-13H,5-10H2,1-4H3. The van der Waals surface area contributed by atoms with Crippen molar-refractivity contribution >= 4 is 29.4 Å². The van der Waals surface area contributed by atoms with Crippen LogP contribution >= 0.6 is 11.8 Å². The van der Waals surface area contributed by atoms with Crippen LogP contribution in [0.4, 0.5) is 0 Å². The molecule has 1 heterocycles. The number of amides is 2. The second kappa shape index (κ2) is 6.73. The van der Waals surface area contributed by atoms with Gasteiger partial charge in [-0.3, -0.25) is 19.3 Å². The van der Waals surface area contributed by atoms with Crippen molar-refractivity contribution in [3.05, 3.63) is 0 Å². The molecule has 1 saturated heterocycles. The Balaban J connectivity index is 1.87. The van der Waals surface area contributed by atoms with E-state index in [9.17, 15) is 14.4 Å². The molecule has 5 heteroatoms. The van der Waals surface area contributed by atoms with Gasteiger partial charge in [-0.05, 0) is 37.9 Å². The van der Waals surface area contributed by atoms with Crippen molar-refractivity contribution in [2.75, 3.05) is 12.8 Å². The zero-order valence-electron chi connectivity index (χ0n) is 14.1. The second-order valence-electron chi connectivity index (χ2n) is 7.60. The molecule has 2 aliphatic rings. The molecule has 2 fully saturated rings. The Morgan fingerprint density at radius 3 is 2.23 bits per heavy atom. The first-order chi connectivity index (χ1) is 10.2. The van der Waals surface area contributed by atoms with Crippen molar-refractivity contribution in [2.24, 2.45) is 17.3 Å². The molecular formula is C17H27NO3S. The van der Waals surface area contributed by atoms with E-state index in [0.29, 0.717) is 24.7 Å². The predicted octanol–water partition coefficient (Wildman–Crippen LogP) is 2.90. The number of carbonyl (C=O) groups is 3. The van der Waals surface area contributed by atoms with E-state index in [0.717, 1.165) is 25.7 Å². The van der Waals surface area contributed by atoms with Crippen LogP contribution in [0.2, 0.25) is 0 Å². The van der Waals surface area contributed by atoms with Gasteiger partial charge in [-0.1, -0.05) is 20.8 Å². The summed E-state index contributed by atoms with van der Waals surface area (Å²) in [6.45, 7) is 6.48. The van der Waals surface area contributed by atoms with Crippen molar-refractivity contribution in [1.82, 2.24) is 4.90 Å². The van der Waals surface area contributed by atoms with Crippen LogP contribution in [0.1, 0.15) is 52.9 Å². The molecule has 2 amide bonds. The molecule has 124 valence electrons. The Kier molecular flexibility index (Phi) is 5.36. The Bertz CT molecular complexity index is 461. The van der Waals surface area contributed by atoms with Gasteiger partial charge in [-0.15, -0.1) is 0 Å². The van der Waals surface area contributed by atoms with Gasteiger partial charge in [0, 0.05) is 24.3 Å². The van der Waals surface area contributed by atoms with Gasteiger partial charge in [-0.2, -0.15) is 11.8 Å². The lowest BCUT2D eigenvalue weighted by molar-refractivity contribution is -0.140. The number of nitrogens with zero attached hydrogens (tertiary/aromatic N) is 1. The molecule has 0 bridgehead atoms. The van der Waals surface area contributed by atoms with Crippen LogP contribution in [0.5, 0.6) is 0 Å². The summed E-state index contributed by atoms with van der Waals surface area (Å²) in [6.07, 6.45) is 5.88. The van der Waals surface area contributed by atoms with Gasteiger partial charge in [0.25, 0.3) is 0 Å². The molecule has 0 aromatic heterocycles. The smallest absolute Gasteiger partial charge is 0.242 e. The molecule has 0 aromatic carbocycles. The summed E-state index contributed by atoms with van der Waals surface area (Å²) in [5.41, 5.74) is -0.274. The van der Waals surface area contributed by atoms with Gasteiger partial charge in [0.1, 0.15) is 5.78 Å². The highest BCUT2D eigenvalue weighted by molar-refractivity contribution is 8.00. The van der Waals surface area contributed by atoms with Gasteiger partial charge in [-0.25, -0.2) is 0 Å². The predicted molar refractivity (Wildman–Crippen MR) is 88.6 cm³/mol. The van der Waals surface area contributed by atoms with E-state index < -0.39 is 0 Å².